The Hall–Kier alpha value is -3.34. The van der Waals surface area contributed by atoms with E-state index >= 15 is 0 Å². The fourth-order valence-corrected chi connectivity index (χ4v) is 4.49. The van der Waals surface area contributed by atoms with Crippen molar-refractivity contribution >= 4 is 58.4 Å². The summed E-state index contributed by atoms with van der Waals surface area (Å²) >= 11 is 18.9. The third-order valence-electron chi connectivity index (χ3n) is 5.59. The average molecular weight is 538 g/mol. The molecule has 1 aromatic carbocycles. The van der Waals surface area contributed by atoms with Gasteiger partial charge in [0.2, 0.25) is 5.91 Å². The summed E-state index contributed by atoms with van der Waals surface area (Å²) in [5, 5.41) is 14.2. The van der Waals surface area contributed by atoms with Gasteiger partial charge in [-0.2, -0.15) is 0 Å². The first-order valence-electron chi connectivity index (χ1n) is 10.4. The summed E-state index contributed by atoms with van der Waals surface area (Å²) < 4.78 is 1.68. The van der Waals surface area contributed by atoms with Crippen molar-refractivity contribution < 1.29 is 19.5 Å². The highest BCUT2D eigenvalue weighted by atomic mass is 35.5. The summed E-state index contributed by atoms with van der Waals surface area (Å²) in [7, 11) is 1.72. The van der Waals surface area contributed by atoms with Gasteiger partial charge >= 0.3 is 6.09 Å². The molecule has 0 atom stereocenters. The van der Waals surface area contributed by atoms with Gasteiger partial charge in [0, 0.05) is 43.0 Å². The topological polar surface area (TPSA) is 129 Å². The summed E-state index contributed by atoms with van der Waals surface area (Å²) in [5.74, 6) is -0.696. The molecule has 0 aliphatic carbocycles. The molecule has 13 heteroatoms. The van der Waals surface area contributed by atoms with E-state index in [4.69, 9.17) is 39.9 Å². The Morgan fingerprint density at radius 2 is 1.86 bits per heavy atom. The maximum absolute atomic E-state index is 13.1. The number of hydrogen-bond donors (Lipinski definition) is 3. The standard InChI is InChI=1S/C22H19Cl3N6O4/c1-30-15-6-8-31(16(32)9-27-22(34)35)10-14(15)28-20(30)21(33)29-13-4-2-3-11(17(13)23)12-5-7-26-19(25)18(12)24/h2-5,7,27H,6,8-10H2,1H3,(H,29,33)(H,34,35). The van der Waals surface area contributed by atoms with Gasteiger partial charge < -0.3 is 25.2 Å². The fraction of sp³-hybridized carbons (Fsp3) is 0.227. The number of carbonyl (C=O) groups excluding carboxylic acids is 2. The van der Waals surface area contributed by atoms with Crippen molar-refractivity contribution in [3.63, 3.8) is 0 Å². The van der Waals surface area contributed by atoms with Gasteiger partial charge in [0.05, 0.1) is 28.0 Å². The van der Waals surface area contributed by atoms with E-state index in [1.165, 1.54) is 11.1 Å². The molecule has 1 aliphatic rings. The zero-order valence-electron chi connectivity index (χ0n) is 18.3. The smallest absolute Gasteiger partial charge is 0.405 e. The summed E-state index contributed by atoms with van der Waals surface area (Å²) in [5.41, 5.74) is 2.90. The minimum Gasteiger partial charge on any atom is -0.465 e. The number of aromatic nitrogens is 3. The summed E-state index contributed by atoms with van der Waals surface area (Å²) in [6.07, 6.45) is 0.711. The molecule has 3 aromatic rings. The van der Waals surface area contributed by atoms with Crippen LogP contribution in [0.25, 0.3) is 11.1 Å². The Labute approximate surface area is 214 Å². The van der Waals surface area contributed by atoms with E-state index in [1.54, 1.807) is 35.9 Å². The van der Waals surface area contributed by atoms with Gasteiger partial charge in [0.1, 0.15) is 11.7 Å². The molecule has 0 unspecified atom stereocenters. The predicted octanol–water partition coefficient (Wildman–Crippen LogP) is 3.85. The number of nitrogens with one attached hydrogen (secondary N) is 2. The number of carboxylic acid groups (broad SMARTS) is 1. The molecule has 0 fully saturated rings. The van der Waals surface area contributed by atoms with Crippen LogP contribution in [0.4, 0.5) is 10.5 Å². The lowest BCUT2D eigenvalue weighted by atomic mass is 10.1. The van der Waals surface area contributed by atoms with Gasteiger partial charge in [-0.15, -0.1) is 0 Å². The van der Waals surface area contributed by atoms with Gasteiger partial charge in [-0.05, 0) is 12.1 Å². The van der Waals surface area contributed by atoms with Crippen LogP contribution in [-0.2, 0) is 24.8 Å². The number of hydrogen-bond acceptors (Lipinski definition) is 5. The molecule has 1 aliphatic heterocycles. The lowest BCUT2D eigenvalue weighted by Gasteiger charge is -2.26. The van der Waals surface area contributed by atoms with Crippen LogP contribution in [-0.4, -0.2) is 55.5 Å². The molecule has 0 spiro atoms. The van der Waals surface area contributed by atoms with Gasteiger partial charge in [0.15, 0.2) is 5.82 Å². The van der Waals surface area contributed by atoms with Crippen LogP contribution in [0.3, 0.4) is 0 Å². The van der Waals surface area contributed by atoms with Crippen molar-refractivity contribution in [3.05, 3.63) is 62.9 Å². The van der Waals surface area contributed by atoms with Crippen molar-refractivity contribution in [1.82, 2.24) is 24.8 Å². The first-order valence-corrected chi connectivity index (χ1v) is 11.5. The molecule has 0 radical (unpaired) electrons. The number of benzene rings is 1. The van der Waals surface area contributed by atoms with E-state index in [-0.39, 0.29) is 40.0 Å². The number of halogens is 3. The fourth-order valence-electron chi connectivity index (χ4n) is 3.85. The molecule has 2 aromatic heterocycles. The van der Waals surface area contributed by atoms with E-state index in [2.05, 4.69) is 20.6 Å². The van der Waals surface area contributed by atoms with E-state index in [9.17, 15) is 14.4 Å². The highest BCUT2D eigenvalue weighted by molar-refractivity contribution is 6.44. The molecular formula is C22H19Cl3N6O4. The summed E-state index contributed by atoms with van der Waals surface area (Å²) in [6, 6.07) is 6.80. The van der Waals surface area contributed by atoms with Crippen LogP contribution in [0, 0.1) is 0 Å². The Morgan fingerprint density at radius 1 is 1.11 bits per heavy atom. The van der Waals surface area contributed by atoms with Crippen molar-refractivity contribution in [2.24, 2.45) is 7.05 Å². The number of anilines is 1. The Bertz CT molecular complexity index is 1340. The van der Waals surface area contributed by atoms with Gasteiger partial charge in [-0.3, -0.25) is 9.59 Å². The maximum Gasteiger partial charge on any atom is 0.405 e. The van der Waals surface area contributed by atoms with E-state index in [0.29, 0.717) is 35.5 Å². The average Bonchev–Trinajstić information content (AvgIpc) is 3.16. The molecule has 10 nitrogen and oxygen atoms in total. The normalized spacial score (nSPS) is 12.7. The first kappa shape index (κ1) is 24.8. The quantitative estimate of drug-likeness (QED) is 0.424. The first-order chi connectivity index (χ1) is 16.7. The van der Waals surface area contributed by atoms with Crippen LogP contribution in [0.2, 0.25) is 15.2 Å². The second-order valence-electron chi connectivity index (χ2n) is 7.70. The Balaban J connectivity index is 1.55. The van der Waals surface area contributed by atoms with Crippen molar-refractivity contribution in [1.29, 1.82) is 0 Å². The minimum atomic E-state index is -1.27. The minimum absolute atomic E-state index is 0.138. The Kier molecular flexibility index (Phi) is 7.15. The van der Waals surface area contributed by atoms with Crippen molar-refractivity contribution in [3.8, 4) is 11.1 Å². The zero-order chi connectivity index (χ0) is 25.3. The predicted molar refractivity (Wildman–Crippen MR) is 131 cm³/mol. The van der Waals surface area contributed by atoms with Crippen molar-refractivity contribution in [2.45, 2.75) is 13.0 Å². The van der Waals surface area contributed by atoms with E-state index in [0.717, 1.165) is 5.69 Å². The van der Waals surface area contributed by atoms with Crippen LogP contribution >= 0.6 is 34.8 Å². The highest BCUT2D eigenvalue weighted by Crippen LogP contribution is 2.39. The van der Waals surface area contributed by atoms with E-state index in [1.807, 2.05) is 0 Å². The maximum atomic E-state index is 13.1. The largest absolute Gasteiger partial charge is 0.465 e. The zero-order valence-corrected chi connectivity index (χ0v) is 20.6. The molecule has 0 bridgehead atoms. The Morgan fingerprint density at radius 3 is 2.60 bits per heavy atom. The molecule has 35 heavy (non-hydrogen) atoms. The second-order valence-corrected chi connectivity index (χ2v) is 8.81. The molecule has 3 N–H and O–H groups in total. The third-order valence-corrected chi connectivity index (χ3v) is 6.76. The third kappa shape index (κ3) is 5.04. The number of pyridine rings is 1. The number of rotatable bonds is 5. The summed E-state index contributed by atoms with van der Waals surface area (Å²) in [4.78, 5) is 45.9. The van der Waals surface area contributed by atoms with Gasteiger partial charge in [-0.1, -0.05) is 46.9 Å². The second kappa shape index (κ2) is 10.1. The van der Waals surface area contributed by atoms with Crippen LogP contribution in [0.5, 0.6) is 0 Å². The van der Waals surface area contributed by atoms with Crippen LogP contribution in [0.15, 0.2) is 30.5 Å². The molecule has 4 rings (SSSR count). The molecule has 3 amide bonds. The lowest BCUT2D eigenvalue weighted by Crippen LogP contribution is -2.42. The van der Waals surface area contributed by atoms with Crippen LogP contribution < -0.4 is 10.6 Å². The monoisotopic (exact) mass is 536 g/mol. The number of fused-ring (bicyclic) bond motifs is 1. The molecule has 0 saturated carbocycles. The van der Waals surface area contributed by atoms with Crippen molar-refractivity contribution in [2.75, 3.05) is 18.4 Å². The molecule has 0 saturated heterocycles. The lowest BCUT2D eigenvalue weighted by molar-refractivity contribution is -0.131. The molecular weight excluding hydrogens is 519 g/mol. The summed E-state index contributed by atoms with van der Waals surface area (Å²) in [6.45, 7) is 0.233. The van der Waals surface area contributed by atoms with E-state index < -0.39 is 12.0 Å². The van der Waals surface area contributed by atoms with Gasteiger partial charge in [0.25, 0.3) is 5.91 Å². The number of nitrogens with zero attached hydrogens (tertiary/aromatic N) is 4. The number of amides is 3. The van der Waals surface area contributed by atoms with Crippen LogP contribution in [0.1, 0.15) is 22.0 Å². The number of carbonyl (C=O) groups is 3. The highest BCUT2D eigenvalue weighted by Gasteiger charge is 2.28. The number of imidazole rings is 1. The SMILES string of the molecule is Cn1c(C(=O)Nc2cccc(-c3ccnc(Cl)c3Cl)c2Cl)nc2c1CCN(C(=O)CNC(=O)O)C2. The van der Waals surface area contributed by atoms with Gasteiger partial charge in [-0.25, -0.2) is 14.8 Å². The molecule has 3 heterocycles. The molecule has 182 valence electrons.